The van der Waals surface area contributed by atoms with Gasteiger partial charge < -0.3 is 14.2 Å². The molecule has 4 aromatic carbocycles. The zero-order valence-electron chi connectivity index (χ0n) is 23.6. The van der Waals surface area contributed by atoms with Gasteiger partial charge in [0.25, 0.3) is 5.69 Å². The number of ether oxygens (including phenoxy) is 3. The number of non-ortho nitro benzene ring substituents is 1. The minimum atomic E-state index is -4.06. The van der Waals surface area contributed by atoms with Gasteiger partial charge >= 0.3 is 0 Å². The van der Waals surface area contributed by atoms with E-state index in [1.807, 2.05) is 91.0 Å². The Morgan fingerprint density at radius 3 is 1.77 bits per heavy atom. The van der Waals surface area contributed by atoms with Crippen LogP contribution < -0.4 is 0 Å². The minimum Gasteiger partial charge on any atom is -0.375 e. The number of hydrogen-bond acceptors (Lipinski definition) is 7. The highest BCUT2D eigenvalue weighted by atomic mass is 32.2. The molecule has 10 heteroatoms. The highest BCUT2D eigenvalue weighted by molar-refractivity contribution is 7.89. The van der Waals surface area contributed by atoms with Crippen molar-refractivity contribution in [1.29, 1.82) is 0 Å². The van der Waals surface area contributed by atoms with Crippen LogP contribution in [0.2, 0.25) is 0 Å². The number of rotatable bonds is 13. The molecule has 0 spiro atoms. The van der Waals surface area contributed by atoms with Gasteiger partial charge in [-0.1, -0.05) is 91.0 Å². The minimum absolute atomic E-state index is 0.0309. The molecule has 1 aliphatic rings. The normalized spacial score (nSPS) is 19.2. The maximum atomic E-state index is 14.0. The largest absolute Gasteiger partial charge is 0.375 e. The lowest BCUT2D eigenvalue weighted by molar-refractivity contribution is -0.384. The van der Waals surface area contributed by atoms with Gasteiger partial charge in [-0.05, 0) is 35.2 Å². The summed E-state index contributed by atoms with van der Waals surface area (Å²) in [4.78, 5) is 10.6. The molecule has 1 heterocycles. The molecule has 0 N–H and O–H groups in total. The van der Waals surface area contributed by atoms with E-state index in [0.29, 0.717) is 19.6 Å². The number of nitro benzene ring substituents is 1. The molecule has 1 saturated heterocycles. The summed E-state index contributed by atoms with van der Waals surface area (Å²) in [6.45, 7) is 1.14. The van der Waals surface area contributed by atoms with Gasteiger partial charge in [0.1, 0.15) is 6.10 Å². The Hall–Kier alpha value is -3.93. The molecule has 0 aliphatic carbocycles. The lowest BCUT2D eigenvalue weighted by Gasteiger charge is -2.44. The monoisotopic (exact) mass is 602 g/mol. The van der Waals surface area contributed by atoms with Crippen LogP contribution in [0.4, 0.5) is 5.69 Å². The summed E-state index contributed by atoms with van der Waals surface area (Å²) in [5.41, 5.74) is 2.73. The van der Waals surface area contributed by atoms with E-state index in [2.05, 4.69) is 0 Å². The number of benzene rings is 4. The highest BCUT2D eigenvalue weighted by Gasteiger charge is 2.45. The molecule has 0 saturated carbocycles. The van der Waals surface area contributed by atoms with Crippen LogP contribution in [0.15, 0.2) is 120 Å². The maximum Gasteiger partial charge on any atom is 0.269 e. The Morgan fingerprint density at radius 1 is 0.721 bits per heavy atom. The van der Waals surface area contributed by atoms with Crippen LogP contribution in [0.1, 0.15) is 23.1 Å². The first-order valence-electron chi connectivity index (χ1n) is 14.1. The van der Waals surface area contributed by atoms with Crippen molar-refractivity contribution in [3.05, 3.63) is 142 Å². The quantitative estimate of drug-likeness (QED) is 0.142. The van der Waals surface area contributed by atoms with Crippen molar-refractivity contribution in [2.24, 2.45) is 0 Å². The number of nitro groups is 1. The SMILES string of the molecule is O=[N+]([O-])c1ccc(S(=O)(=O)N2CC[C@@H](OCc3ccccc3)[C@@H](OCc3ccccc3)[C@H]2COCc2ccccc2)cc1. The molecule has 5 rings (SSSR count). The van der Waals surface area contributed by atoms with Crippen molar-refractivity contribution < 1.29 is 27.6 Å². The molecule has 0 unspecified atom stereocenters. The van der Waals surface area contributed by atoms with Crippen LogP contribution in [0, 0.1) is 10.1 Å². The second kappa shape index (κ2) is 14.5. The van der Waals surface area contributed by atoms with Gasteiger partial charge in [-0.3, -0.25) is 10.1 Å². The summed E-state index contributed by atoms with van der Waals surface area (Å²) < 4.78 is 48.5. The molecule has 0 bridgehead atoms. The Morgan fingerprint density at radius 2 is 1.23 bits per heavy atom. The van der Waals surface area contributed by atoms with Crippen molar-refractivity contribution in [1.82, 2.24) is 4.31 Å². The fourth-order valence-electron chi connectivity index (χ4n) is 5.16. The molecule has 1 fully saturated rings. The lowest BCUT2D eigenvalue weighted by Crippen LogP contribution is -2.59. The fourth-order valence-corrected chi connectivity index (χ4v) is 6.79. The second-order valence-electron chi connectivity index (χ2n) is 10.3. The third kappa shape index (κ3) is 7.92. The van der Waals surface area contributed by atoms with Crippen molar-refractivity contribution in [2.75, 3.05) is 13.2 Å². The van der Waals surface area contributed by atoms with E-state index in [9.17, 15) is 18.5 Å². The van der Waals surface area contributed by atoms with Gasteiger partial charge in [0.05, 0.1) is 48.4 Å². The van der Waals surface area contributed by atoms with Gasteiger partial charge in [-0.15, -0.1) is 0 Å². The van der Waals surface area contributed by atoms with Crippen LogP contribution in [0.25, 0.3) is 0 Å². The molecule has 0 amide bonds. The Kier molecular flexibility index (Phi) is 10.3. The second-order valence-corrected chi connectivity index (χ2v) is 12.2. The van der Waals surface area contributed by atoms with Gasteiger partial charge in [0.15, 0.2) is 0 Å². The zero-order chi connectivity index (χ0) is 30.1. The topological polar surface area (TPSA) is 108 Å². The first-order valence-corrected chi connectivity index (χ1v) is 15.5. The van der Waals surface area contributed by atoms with Crippen LogP contribution in [0.5, 0.6) is 0 Å². The summed E-state index contributed by atoms with van der Waals surface area (Å²) >= 11 is 0. The van der Waals surface area contributed by atoms with E-state index in [1.165, 1.54) is 28.6 Å². The summed E-state index contributed by atoms with van der Waals surface area (Å²) in [6.07, 6.45) is -0.660. The van der Waals surface area contributed by atoms with Crippen LogP contribution in [0.3, 0.4) is 0 Å². The Labute approximate surface area is 251 Å². The summed E-state index contributed by atoms with van der Waals surface area (Å²) in [5, 5.41) is 11.2. The molecule has 224 valence electrons. The number of nitrogens with zero attached hydrogens (tertiary/aromatic N) is 2. The van der Waals surface area contributed by atoms with Gasteiger partial charge in [-0.2, -0.15) is 4.31 Å². The maximum absolute atomic E-state index is 14.0. The average Bonchev–Trinajstić information content (AvgIpc) is 3.04. The average molecular weight is 603 g/mol. The van der Waals surface area contributed by atoms with Crippen LogP contribution >= 0.6 is 0 Å². The molecule has 1 aliphatic heterocycles. The third-order valence-electron chi connectivity index (χ3n) is 7.40. The number of hydrogen-bond donors (Lipinski definition) is 0. The van der Waals surface area contributed by atoms with E-state index in [-0.39, 0.29) is 30.3 Å². The van der Waals surface area contributed by atoms with Gasteiger partial charge in [0, 0.05) is 18.7 Å². The molecule has 9 nitrogen and oxygen atoms in total. The van der Waals surface area contributed by atoms with E-state index < -0.39 is 33.2 Å². The summed E-state index contributed by atoms with van der Waals surface area (Å²) in [5.74, 6) is 0. The zero-order valence-corrected chi connectivity index (χ0v) is 24.4. The predicted molar refractivity (Wildman–Crippen MR) is 162 cm³/mol. The van der Waals surface area contributed by atoms with Crippen molar-refractivity contribution in [3.63, 3.8) is 0 Å². The van der Waals surface area contributed by atoms with Gasteiger partial charge in [0.2, 0.25) is 10.0 Å². The fraction of sp³-hybridized carbons (Fsp3) is 0.273. The molecule has 0 aromatic heterocycles. The molecule has 4 aromatic rings. The van der Waals surface area contributed by atoms with Gasteiger partial charge in [-0.25, -0.2) is 8.42 Å². The highest BCUT2D eigenvalue weighted by Crippen LogP contribution is 2.31. The summed E-state index contributed by atoms with van der Waals surface area (Å²) in [7, 11) is -4.06. The predicted octanol–water partition coefficient (Wildman–Crippen LogP) is 5.75. The van der Waals surface area contributed by atoms with E-state index in [0.717, 1.165) is 16.7 Å². The van der Waals surface area contributed by atoms with E-state index in [1.54, 1.807) is 0 Å². The van der Waals surface area contributed by atoms with Crippen molar-refractivity contribution in [3.8, 4) is 0 Å². The van der Waals surface area contributed by atoms with Crippen LogP contribution in [-0.4, -0.2) is 49.0 Å². The van der Waals surface area contributed by atoms with Crippen molar-refractivity contribution >= 4 is 15.7 Å². The third-order valence-corrected chi connectivity index (χ3v) is 9.33. The van der Waals surface area contributed by atoms with Crippen molar-refractivity contribution in [2.45, 2.75) is 49.4 Å². The molecule has 43 heavy (non-hydrogen) atoms. The van der Waals surface area contributed by atoms with E-state index >= 15 is 0 Å². The molecular formula is C33H34N2O7S. The molecule has 0 radical (unpaired) electrons. The smallest absolute Gasteiger partial charge is 0.269 e. The number of sulfonamides is 1. The summed E-state index contributed by atoms with van der Waals surface area (Å²) in [6, 6.07) is 33.4. The lowest BCUT2D eigenvalue weighted by atomic mass is 9.98. The Bertz CT molecular complexity index is 1550. The molecule has 3 atom stereocenters. The van der Waals surface area contributed by atoms with E-state index in [4.69, 9.17) is 14.2 Å². The molecular weight excluding hydrogens is 568 g/mol. The Balaban J connectivity index is 1.44. The standard InChI is InChI=1S/C33H34N2O7S/c36-35(37)29-16-18-30(19-17-29)43(38,39)34-21-20-32(41-23-27-12-6-2-7-13-27)33(42-24-28-14-8-3-9-15-28)31(34)25-40-22-26-10-4-1-5-11-26/h1-19,31-33H,20-25H2/t31-,32-,33+/m1/s1. The first-order chi connectivity index (χ1) is 20.9. The van der Waals surface area contributed by atoms with Crippen LogP contribution in [-0.2, 0) is 44.1 Å². The first kappa shape index (κ1) is 30.5. The number of piperidine rings is 1.